The number of carbonyl (C=O) groups excluding carboxylic acids is 3. The molecule has 0 spiro atoms. The summed E-state index contributed by atoms with van der Waals surface area (Å²) in [6, 6.07) is 0. The minimum atomic E-state index is -1.94. The Morgan fingerprint density at radius 3 is 1.35 bits per heavy atom. The molecule has 0 aromatic carbocycles. The van der Waals surface area contributed by atoms with Gasteiger partial charge in [0.2, 0.25) is 0 Å². The zero-order valence-electron chi connectivity index (χ0n) is 42.0. The fourth-order valence-corrected chi connectivity index (χ4v) is 6.70. The van der Waals surface area contributed by atoms with Gasteiger partial charge < -0.3 is 39.0 Å². The van der Waals surface area contributed by atoms with E-state index in [-0.39, 0.29) is 25.9 Å². The molecule has 0 amide bonds. The van der Waals surface area contributed by atoms with Crippen LogP contribution in [0.1, 0.15) is 162 Å². The molecular weight excluding hydrogens is 877 g/mol. The van der Waals surface area contributed by atoms with Crippen molar-refractivity contribution < 1.29 is 58.2 Å². The van der Waals surface area contributed by atoms with Crippen molar-refractivity contribution in [2.75, 3.05) is 13.2 Å². The summed E-state index contributed by atoms with van der Waals surface area (Å²) in [6.45, 7) is 5.51. The molecule has 1 saturated heterocycles. The normalized spacial score (nSPS) is 19.7. The second-order valence-electron chi connectivity index (χ2n) is 16.7. The molecule has 0 bridgehead atoms. The van der Waals surface area contributed by atoms with Gasteiger partial charge in [-0.15, -0.1) is 0 Å². The average molecular weight is 963 g/mol. The minimum absolute atomic E-state index is 0.0740. The Balaban J connectivity index is 2.83. The molecule has 0 aliphatic carbocycles. The lowest BCUT2D eigenvalue weighted by molar-refractivity contribution is -0.301. The molecule has 6 unspecified atom stereocenters. The van der Waals surface area contributed by atoms with Crippen molar-refractivity contribution in [1.29, 1.82) is 0 Å². The van der Waals surface area contributed by atoms with Gasteiger partial charge in [-0.3, -0.25) is 14.4 Å². The van der Waals surface area contributed by atoms with Gasteiger partial charge in [0.05, 0.1) is 6.61 Å². The van der Waals surface area contributed by atoms with Crippen LogP contribution >= 0.6 is 0 Å². The van der Waals surface area contributed by atoms with Gasteiger partial charge in [-0.05, 0) is 109 Å². The van der Waals surface area contributed by atoms with Crippen LogP contribution in [-0.4, -0.2) is 89.2 Å². The van der Waals surface area contributed by atoms with Crippen LogP contribution in [0.4, 0.5) is 0 Å². The predicted octanol–water partition coefficient (Wildman–Crippen LogP) is 12.1. The molecule has 1 heterocycles. The van der Waals surface area contributed by atoms with Crippen molar-refractivity contribution in [1.82, 2.24) is 0 Å². The Kier molecular flexibility index (Phi) is 39.9. The second-order valence-corrected chi connectivity index (χ2v) is 16.7. The highest BCUT2D eigenvalue weighted by atomic mass is 16.7. The number of hydrogen-bond acceptors (Lipinski definition) is 11. The zero-order chi connectivity index (χ0) is 50.4. The highest BCUT2D eigenvalue weighted by Gasteiger charge is 2.50. The van der Waals surface area contributed by atoms with Crippen molar-refractivity contribution >= 4 is 23.9 Å². The molecule has 1 fully saturated rings. The van der Waals surface area contributed by atoms with Crippen LogP contribution in [0.2, 0.25) is 0 Å². The summed E-state index contributed by atoms with van der Waals surface area (Å²) in [5.74, 6) is -3.34. The lowest BCUT2D eigenvalue weighted by atomic mass is 9.98. The number of aliphatic carboxylic acids is 1. The summed E-state index contributed by atoms with van der Waals surface area (Å²) in [4.78, 5) is 50.8. The molecule has 1 aliphatic heterocycles. The van der Waals surface area contributed by atoms with Crippen molar-refractivity contribution in [3.8, 4) is 0 Å². The van der Waals surface area contributed by atoms with E-state index >= 15 is 0 Å². The lowest BCUT2D eigenvalue weighted by Crippen LogP contribution is -2.61. The summed E-state index contributed by atoms with van der Waals surface area (Å²) < 4.78 is 28.1. The van der Waals surface area contributed by atoms with E-state index < -0.39 is 67.3 Å². The van der Waals surface area contributed by atoms with Gasteiger partial charge in [0.25, 0.3) is 0 Å². The number of hydrogen-bond donors (Lipinski definition) is 3. The molecule has 1 aliphatic rings. The maximum absolute atomic E-state index is 13.0. The Labute approximate surface area is 414 Å². The van der Waals surface area contributed by atoms with Gasteiger partial charge in [0.15, 0.2) is 24.6 Å². The maximum Gasteiger partial charge on any atom is 0.335 e. The third-order valence-corrected chi connectivity index (χ3v) is 10.5. The quantitative estimate of drug-likeness (QED) is 0.0230. The SMILES string of the molecule is CC/C=C\C/C=C\C/C=C\C/C=C\CCC(=O)OC1C(OCC(COC(=O)CCCCC/C=C\C/C=C\C/C=C\CC)OC(=O)CCCCC/C=C\C/C=C\C/C=C\CC)OC(C(=O)O)C(O)C1O. The monoisotopic (exact) mass is 963 g/mol. The standard InChI is InChI=1S/C57H86O12/c1-4-7-10-13-16-19-22-25-28-31-34-37-40-43-49(58)65-46-48(67-50(59)44-41-38-35-32-29-26-23-20-17-14-11-8-5-2)47-66-57-55(53(62)52(61)54(69-57)56(63)64)68-51(60)45-42-39-36-33-30-27-24-21-18-15-12-9-6-3/h7-12,16-21,25-30,36,39,48,52-55,57,61-62H,4-6,13-15,22-24,31-35,37-38,40-47H2,1-3H3,(H,63,64)/b10-7-,11-8-,12-9-,19-16-,20-17-,21-18-,28-25-,29-26-,30-27-,39-36-. The Morgan fingerprint density at radius 2 is 0.899 bits per heavy atom. The molecule has 0 saturated carbocycles. The van der Waals surface area contributed by atoms with Crippen molar-refractivity contribution in [3.05, 3.63) is 122 Å². The fourth-order valence-electron chi connectivity index (χ4n) is 6.70. The number of unbranched alkanes of at least 4 members (excludes halogenated alkanes) is 6. The topological polar surface area (TPSA) is 175 Å². The lowest BCUT2D eigenvalue weighted by Gasteiger charge is -2.40. The third-order valence-electron chi connectivity index (χ3n) is 10.5. The van der Waals surface area contributed by atoms with Crippen molar-refractivity contribution in [2.24, 2.45) is 0 Å². The Morgan fingerprint density at radius 1 is 0.478 bits per heavy atom. The number of aliphatic hydroxyl groups excluding tert-OH is 2. The van der Waals surface area contributed by atoms with Crippen molar-refractivity contribution in [2.45, 2.75) is 199 Å². The van der Waals surface area contributed by atoms with Gasteiger partial charge in [-0.2, -0.15) is 0 Å². The first-order valence-electron chi connectivity index (χ1n) is 25.5. The van der Waals surface area contributed by atoms with E-state index in [1.165, 1.54) is 0 Å². The summed E-state index contributed by atoms with van der Waals surface area (Å²) in [7, 11) is 0. The number of rotatable bonds is 40. The Hall–Kier alpha value is -4.88. The second kappa shape index (κ2) is 44.3. The first-order valence-corrected chi connectivity index (χ1v) is 25.5. The van der Waals surface area contributed by atoms with Crippen LogP contribution < -0.4 is 0 Å². The number of carbonyl (C=O) groups is 4. The largest absolute Gasteiger partial charge is 0.479 e. The van der Waals surface area contributed by atoms with Crippen LogP contribution in [-0.2, 0) is 42.9 Å². The molecular formula is C57H86O12. The molecule has 386 valence electrons. The maximum atomic E-state index is 13.0. The van der Waals surface area contributed by atoms with E-state index in [0.29, 0.717) is 25.7 Å². The summed E-state index contributed by atoms with van der Waals surface area (Å²) in [5.41, 5.74) is 0. The summed E-state index contributed by atoms with van der Waals surface area (Å²) in [5, 5.41) is 31.3. The molecule has 1 rings (SSSR count). The van der Waals surface area contributed by atoms with E-state index in [1.54, 1.807) is 0 Å². The van der Waals surface area contributed by atoms with Crippen LogP contribution in [0.3, 0.4) is 0 Å². The van der Waals surface area contributed by atoms with Gasteiger partial charge >= 0.3 is 23.9 Å². The van der Waals surface area contributed by atoms with Crippen LogP contribution in [0.25, 0.3) is 0 Å². The number of carboxylic acids is 1. The Bertz CT molecular complexity index is 1660. The third kappa shape index (κ3) is 35.0. The predicted molar refractivity (Wildman–Crippen MR) is 275 cm³/mol. The van der Waals surface area contributed by atoms with E-state index in [2.05, 4.69) is 124 Å². The molecule has 3 N–H and O–H groups in total. The van der Waals surface area contributed by atoms with Crippen LogP contribution in [0.5, 0.6) is 0 Å². The number of aliphatic hydroxyl groups is 2. The summed E-state index contributed by atoms with van der Waals surface area (Å²) >= 11 is 0. The molecule has 6 atom stereocenters. The van der Waals surface area contributed by atoms with Gasteiger partial charge in [-0.25, -0.2) is 4.79 Å². The first-order chi connectivity index (χ1) is 33.6. The van der Waals surface area contributed by atoms with Gasteiger partial charge in [-0.1, -0.05) is 155 Å². The van der Waals surface area contributed by atoms with Gasteiger partial charge in [0.1, 0.15) is 18.8 Å². The molecule has 69 heavy (non-hydrogen) atoms. The van der Waals surface area contributed by atoms with Gasteiger partial charge in [0, 0.05) is 19.3 Å². The first kappa shape index (κ1) is 62.1. The fraction of sp³-hybridized carbons (Fsp3) is 0.579. The van der Waals surface area contributed by atoms with E-state index in [4.69, 9.17) is 23.7 Å². The van der Waals surface area contributed by atoms with E-state index in [1.807, 2.05) is 18.2 Å². The zero-order valence-corrected chi connectivity index (χ0v) is 42.0. The molecule has 12 heteroatoms. The minimum Gasteiger partial charge on any atom is -0.479 e. The highest BCUT2D eigenvalue weighted by Crippen LogP contribution is 2.26. The molecule has 0 radical (unpaired) electrons. The number of carboxylic acid groups (broad SMARTS) is 1. The summed E-state index contributed by atoms with van der Waals surface area (Å²) in [6.07, 6.45) is 47.9. The van der Waals surface area contributed by atoms with Crippen LogP contribution in [0, 0.1) is 0 Å². The van der Waals surface area contributed by atoms with Crippen LogP contribution in [0.15, 0.2) is 122 Å². The molecule has 0 aromatic rings. The highest BCUT2D eigenvalue weighted by molar-refractivity contribution is 5.74. The van der Waals surface area contributed by atoms with Crippen molar-refractivity contribution in [3.63, 3.8) is 0 Å². The van der Waals surface area contributed by atoms with E-state index in [9.17, 15) is 34.5 Å². The number of esters is 3. The number of ether oxygens (including phenoxy) is 5. The van der Waals surface area contributed by atoms with E-state index in [0.717, 1.165) is 96.3 Å². The molecule has 0 aromatic heterocycles. The smallest absolute Gasteiger partial charge is 0.335 e. The average Bonchev–Trinajstić information content (AvgIpc) is 3.33. The number of allylic oxidation sites excluding steroid dienone is 20. The molecule has 12 nitrogen and oxygen atoms in total.